The summed E-state index contributed by atoms with van der Waals surface area (Å²) in [6.45, 7) is 4.80. The van der Waals surface area contributed by atoms with E-state index in [1.807, 2.05) is 24.4 Å². The minimum absolute atomic E-state index is 0.839. The first-order chi connectivity index (χ1) is 8.33. The van der Waals surface area contributed by atoms with Gasteiger partial charge < -0.3 is 15.0 Å². The topological polar surface area (TPSA) is 37.4 Å². The van der Waals surface area contributed by atoms with Crippen LogP contribution in [0.5, 0.6) is 0 Å². The quantitative estimate of drug-likeness (QED) is 0.654. The second kappa shape index (κ2) is 9.10. The van der Waals surface area contributed by atoms with Crippen molar-refractivity contribution in [2.75, 3.05) is 40.4 Å². The van der Waals surface area contributed by atoms with Crippen LogP contribution in [0, 0.1) is 0 Å². The van der Waals surface area contributed by atoms with Crippen molar-refractivity contribution in [3.63, 3.8) is 0 Å². The largest absolute Gasteiger partial charge is 0.385 e. The van der Waals surface area contributed by atoms with E-state index in [1.54, 1.807) is 7.11 Å². The van der Waals surface area contributed by atoms with Crippen LogP contribution in [0.4, 0.5) is 0 Å². The smallest absolute Gasteiger partial charge is 0.0541 e. The molecule has 0 atom stereocenters. The second-order valence-electron chi connectivity index (χ2n) is 4.15. The van der Waals surface area contributed by atoms with E-state index in [1.165, 1.54) is 0 Å². The SMILES string of the molecule is COCCCN(C)CCNCc1ccccn1. The molecule has 1 rings (SSSR count). The van der Waals surface area contributed by atoms with Gasteiger partial charge in [0.15, 0.2) is 0 Å². The Morgan fingerprint density at radius 3 is 2.94 bits per heavy atom. The van der Waals surface area contributed by atoms with Crippen molar-refractivity contribution in [3.05, 3.63) is 30.1 Å². The van der Waals surface area contributed by atoms with Crippen LogP contribution in [0.1, 0.15) is 12.1 Å². The monoisotopic (exact) mass is 237 g/mol. The predicted octanol–water partition coefficient (Wildman–Crippen LogP) is 1.14. The third-order valence-corrected chi connectivity index (χ3v) is 2.59. The molecule has 0 bridgehead atoms. The molecule has 0 aliphatic carbocycles. The van der Waals surface area contributed by atoms with Gasteiger partial charge in [0.1, 0.15) is 0 Å². The van der Waals surface area contributed by atoms with Crippen molar-refractivity contribution in [3.8, 4) is 0 Å². The zero-order chi connectivity index (χ0) is 12.3. The van der Waals surface area contributed by atoms with E-state index in [0.29, 0.717) is 0 Å². The summed E-state index contributed by atoms with van der Waals surface area (Å²) in [4.78, 5) is 6.57. The number of hydrogen-bond donors (Lipinski definition) is 1. The molecular formula is C13H23N3O. The van der Waals surface area contributed by atoms with Gasteiger partial charge in [-0.05, 0) is 25.6 Å². The van der Waals surface area contributed by atoms with E-state index in [4.69, 9.17) is 4.74 Å². The van der Waals surface area contributed by atoms with Gasteiger partial charge in [0.25, 0.3) is 0 Å². The predicted molar refractivity (Wildman–Crippen MR) is 69.9 cm³/mol. The Bertz CT molecular complexity index is 279. The highest BCUT2D eigenvalue weighted by molar-refractivity contribution is 5.02. The number of methoxy groups -OCH3 is 1. The average Bonchev–Trinajstić information content (AvgIpc) is 2.36. The summed E-state index contributed by atoms with van der Waals surface area (Å²) in [6.07, 6.45) is 2.92. The van der Waals surface area contributed by atoms with E-state index in [0.717, 1.165) is 44.9 Å². The lowest BCUT2D eigenvalue weighted by Crippen LogP contribution is -2.30. The van der Waals surface area contributed by atoms with Crippen LogP contribution in [0.3, 0.4) is 0 Å². The van der Waals surface area contributed by atoms with E-state index >= 15 is 0 Å². The highest BCUT2D eigenvalue weighted by atomic mass is 16.5. The van der Waals surface area contributed by atoms with Crippen LogP contribution in [-0.2, 0) is 11.3 Å². The van der Waals surface area contributed by atoms with Crippen LogP contribution in [0.2, 0.25) is 0 Å². The molecule has 17 heavy (non-hydrogen) atoms. The normalized spacial score (nSPS) is 11.0. The highest BCUT2D eigenvalue weighted by Gasteiger charge is 1.98. The average molecular weight is 237 g/mol. The van der Waals surface area contributed by atoms with Gasteiger partial charge in [-0.2, -0.15) is 0 Å². The fraction of sp³-hybridized carbons (Fsp3) is 0.615. The summed E-state index contributed by atoms with van der Waals surface area (Å²) in [5.41, 5.74) is 1.09. The van der Waals surface area contributed by atoms with Crippen LogP contribution < -0.4 is 5.32 Å². The molecular weight excluding hydrogens is 214 g/mol. The molecule has 0 saturated heterocycles. The molecule has 1 aromatic heterocycles. The Labute approximate surface area is 104 Å². The maximum Gasteiger partial charge on any atom is 0.0541 e. The van der Waals surface area contributed by atoms with Crippen molar-refractivity contribution < 1.29 is 4.74 Å². The third-order valence-electron chi connectivity index (χ3n) is 2.59. The van der Waals surface area contributed by atoms with Gasteiger partial charge in [-0.15, -0.1) is 0 Å². The Balaban J connectivity index is 2.00. The fourth-order valence-corrected chi connectivity index (χ4v) is 1.58. The summed E-state index contributed by atoms with van der Waals surface area (Å²) < 4.78 is 5.03. The Morgan fingerprint density at radius 2 is 2.24 bits per heavy atom. The molecule has 1 N–H and O–H groups in total. The number of hydrogen-bond acceptors (Lipinski definition) is 4. The molecule has 0 spiro atoms. The first-order valence-corrected chi connectivity index (χ1v) is 6.11. The number of nitrogens with zero attached hydrogens (tertiary/aromatic N) is 2. The zero-order valence-corrected chi connectivity index (χ0v) is 10.9. The Hall–Kier alpha value is -0.970. The number of rotatable bonds is 9. The minimum atomic E-state index is 0.839. The van der Waals surface area contributed by atoms with Gasteiger partial charge in [-0.3, -0.25) is 4.98 Å². The van der Waals surface area contributed by atoms with Crippen molar-refractivity contribution >= 4 is 0 Å². The summed E-state index contributed by atoms with van der Waals surface area (Å²) in [5, 5.41) is 3.39. The highest BCUT2D eigenvalue weighted by Crippen LogP contribution is 1.92. The van der Waals surface area contributed by atoms with E-state index in [2.05, 4.69) is 22.2 Å². The summed E-state index contributed by atoms with van der Waals surface area (Å²) in [7, 11) is 3.88. The summed E-state index contributed by atoms with van der Waals surface area (Å²) >= 11 is 0. The lowest BCUT2D eigenvalue weighted by molar-refractivity contribution is 0.179. The molecule has 4 heteroatoms. The standard InChI is InChI=1S/C13H23N3O/c1-16(9-5-11-17-2)10-8-14-12-13-6-3-4-7-15-13/h3-4,6-7,14H,5,8-12H2,1-2H3. The summed E-state index contributed by atoms with van der Waals surface area (Å²) in [6, 6.07) is 5.99. The van der Waals surface area contributed by atoms with Crippen molar-refractivity contribution in [2.24, 2.45) is 0 Å². The van der Waals surface area contributed by atoms with Gasteiger partial charge in [0.05, 0.1) is 5.69 Å². The second-order valence-corrected chi connectivity index (χ2v) is 4.15. The number of nitrogens with one attached hydrogen (secondary N) is 1. The first kappa shape index (κ1) is 14.1. The molecule has 0 aliphatic rings. The molecule has 0 amide bonds. The Kier molecular flexibility index (Phi) is 7.54. The van der Waals surface area contributed by atoms with Crippen molar-refractivity contribution in [1.82, 2.24) is 15.2 Å². The van der Waals surface area contributed by atoms with Crippen molar-refractivity contribution in [1.29, 1.82) is 0 Å². The van der Waals surface area contributed by atoms with E-state index < -0.39 is 0 Å². The minimum Gasteiger partial charge on any atom is -0.385 e. The van der Waals surface area contributed by atoms with Gasteiger partial charge in [0.2, 0.25) is 0 Å². The van der Waals surface area contributed by atoms with Crippen molar-refractivity contribution in [2.45, 2.75) is 13.0 Å². The molecule has 0 aromatic carbocycles. The molecule has 0 fully saturated rings. The molecule has 1 aromatic rings. The molecule has 1 heterocycles. The van der Waals surface area contributed by atoms with Crippen LogP contribution in [0.15, 0.2) is 24.4 Å². The molecule has 4 nitrogen and oxygen atoms in total. The molecule has 0 aliphatic heterocycles. The number of likely N-dealkylation sites (N-methyl/N-ethyl adjacent to an activating group) is 1. The van der Waals surface area contributed by atoms with E-state index in [9.17, 15) is 0 Å². The van der Waals surface area contributed by atoms with Gasteiger partial charge in [-0.25, -0.2) is 0 Å². The van der Waals surface area contributed by atoms with Crippen LogP contribution in [-0.4, -0.2) is 50.3 Å². The van der Waals surface area contributed by atoms with E-state index in [-0.39, 0.29) is 0 Å². The number of pyridine rings is 1. The lowest BCUT2D eigenvalue weighted by Gasteiger charge is -2.16. The molecule has 0 radical (unpaired) electrons. The molecule has 0 unspecified atom stereocenters. The van der Waals surface area contributed by atoms with Gasteiger partial charge in [-0.1, -0.05) is 6.07 Å². The van der Waals surface area contributed by atoms with Crippen LogP contribution >= 0.6 is 0 Å². The Morgan fingerprint density at radius 1 is 1.35 bits per heavy atom. The maximum absolute atomic E-state index is 5.03. The summed E-state index contributed by atoms with van der Waals surface area (Å²) in [5.74, 6) is 0. The molecule has 0 saturated carbocycles. The fourth-order valence-electron chi connectivity index (χ4n) is 1.58. The van der Waals surface area contributed by atoms with Crippen LogP contribution in [0.25, 0.3) is 0 Å². The van der Waals surface area contributed by atoms with Gasteiger partial charge >= 0.3 is 0 Å². The maximum atomic E-state index is 5.03. The molecule has 96 valence electrons. The third kappa shape index (κ3) is 7.05. The number of aromatic nitrogens is 1. The zero-order valence-electron chi connectivity index (χ0n) is 10.9. The number of ether oxygens (including phenoxy) is 1. The first-order valence-electron chi connectivity index (χ1n) is 6.11. The lowest BCUT2D eigenvalue weighted by atomic mass is 10.3. The van der Waals surface area contributed by atoms with Gasteiger partial charge in [0, 0.05) is 46.1 Å².